The van der Waals surface area contributed by atoms with Crippen LogP contribution in [0.5, 0.6) is 0 Å². The molecule has 1 aliphatic rings. The van der Waals surface area contributed by atoms with Gasteiger partial charge < -0.3 is 10.1 Å². The topological polar surface area (TPSA) is 55.4 Å². The molecule has 0 unspecified atom stereocenters. The highest BCUT2D eigenvalue weighted by atomic mass is 16.5. The largest absolute Gasteiger partial charge is 0.455 e. The standard InChI is InChI=1S/C20H29NO3/c1-13-8-9-17(10-15(13)3)11-20(23)24-12-19(22)21-18-7-5-6-14(2)16(18)4/h8-10,14,16,18H,5-7,11-12H2,1-4H3,(H,21,22)/t14-,16+,18+/m0/s1. The van der Waals surface area contributed by atoms with Gasteiger partial charge in [0, 0.05) is 6.04 Å². The van der Waals surface area contributed by atoms with E-state index in [0.29, 0.717) is 11.8 Å². The van der Waals surface area contributed by atoms with Gasteiger partial charge in [-0.3, -0.25) is 9.59 Å². The van der Waals surface area contributed by atoms with Gasteiger partial charge in [-0.2, -0.15) is 0 Å². The molecule has 0 spiro atoms. The smallest absolute Gasteiger partial charge is 0.310 e. The van der Waals surface area contributed by atoms with Crippen molar-refractivity contribution < 1.29 is 14.3 Å². The number of carbonyl (C=O) groups excluding carboxylic acids is 2. The van der Waals surface area contributed by atoms with Crippen LogP contribution in [0.25, 0.3) is 0 Å². The molecule has 1 aliphatic carbocycles. The number of esters is 1. The van der Waals surface area contributed by atoms with Gasteiger partial charge in [-0.1, -0.05) is 44.9 Å². The van der Waals surface area contributed by atoms with Gasteiger partial charge in [-0.05, 0) is 48.8 Å². The molecule has 0 aliphatic heterocycles. The fourth-order valence-corrected chi connectivity index (χ4v) is 3.31. The normalized spacial score (nSPS) is 23.6. The van der Waals surface area contributed by atoms with Gasteiger partial charge in [0.1, 0.15) is 0 Å². The van der Waals surface area contributed by atoms with E-state index in [4.69, 9.17) is 4.74 Å². The third-order valence-electron chi connectivity index (χ3n) is 5.34. The highest BCUT2D eigenvalue weighted by Gasteiger charge is 2.28. The van der Waals surface area contributed by atoms with E-state index in [2.05, 4.69) is 19.2 Å². The SMILES string of the molecule is Cc1ccc(CC(=O)OCC(=O)N[C@@H]2CCC[C@H](C)[C@H]2C)cc1C. The Hall–Kier alpha value is -1.84. The maximum Gasteiger partial charge on any atom is 0.310 e. The monoisotopic (exact) mass is 331 g/mol. The van der Waals surface area contributed by atoms with Crippen LogP contribution in [0.3, 0.4) is 0 Å². The summed E-state index contributed by atoms with van der Waals surface area (Å²) < 4.78 is 5.13. The number of carbonyl (C=O) groups is 2. The van der Waals surface area contributed by atoms with Crippen LogP contribution in [0.4, 0.5) is 0 Å². The second-order valence-electron chi connectivity index (χ2n) is 7.20. The Balaban J connectivity index is 1.76. The Morgan fingerprint density at radius 2 is 1.92 bits per heavy atom. The zero-order valence-electron chi connectivity index (χ0n) is 15.2. The first-order valence-electron chi connectivity index (χ1n) is 8.88. The number of ether oxygens (including phenoxy) is 1. The molecule has 1 N–H and O–H groups in total. The zero-order chi connectivity index (χ0) is 17.7. The molecule has 0 bridgehead atoms. The van der Waals surface area contributed by atoms with Crippen LogP contribution < -0.4 is 5.32 Å². The molecule has 3 atom stereocenters. The highest BCUT2D eigenvalue weighted by Crippen LogP contribution is 2.29. The molecule has 1 aromatic carbocycles. The summed E-state index contributed by atoms with van der Waals surface area (Å²) in [5, 5.41) is 3.02. The molecule has 2 rings (SSSR count). The van der Waals surface area contributed by atoms with E-state index >= 15 is 0 Å². The Bertz CT molecular complexity index is 597. The van der Waals surface area contributed by atoms with Crippen LogP contribution in [0.1, 0.15) is 49.8 Å². The van der Waals surface area contributed by atoms with E-state index in [-0.39, 0.29) is 30.9 Å². The van der Waals surface area contributed by atoms with Crippen molar-refractivity contribution in [3.63, 3.8) is 0 Å². The minimum absolute atomic E-state index is 0.193. The summed E-state index contributed by atoms with van der Waals surface area (Å²) in [4.78, 5) is 24.0. The Morgan fingerprint density at radius 3 is 2.62 bits per heavy atom. The number of nitrogens with one attached hydrogen (secondary N) is 1. The van der Waals surface area contributed by atoms with Crippen LogP contribution in [0, 0.1) is 25.7 Å². The average Bonchev–Trinajstić information content (AvgIpc) is 2.53. The summed E-state index contributed by atoms with van der Waals surface area (Å²) in [5.41, 5.74) is 3.26. The summed E-state index contributed by atoms with van der Waals surface area (Å²) in [5.74, 6) is 0.526. The van der Waals surface area contributed by atoms with E-state index in [1.165, 1.54) is 12.0 Å². The first kappa shape index (κ1) is 18.5. The predicted molar refractivity (Wildman–Crippen MR) is 94.7 cm³/mol. The number of benzene rings is 1. The van der Waals surface area contributed by atoms with E-state index in [9.17, 15) is 9.59 Å². The molecule has 0 heterocycles. The van der Waals surface area contributed by atoms with E-state index in [1.54, 1.807) is 0 Å². The number of hydrogen-bond acceptors (Lipinski definition) is 3. The van der Waals surface area contributed by atoms with Crippen LogP contribution >= 0.6 is 0 Å². The van der Waals surface area contributed by atoms with E-state index < -0.39 is 0 Å². The van der Waals surface area contributed by atoms with E-state index in [0.717, 1.165) is 24.0 Å². The molecule has 1 saturated carbocycles. The Labute approximate surface area is 145 Å². The second-order valence-corrected chi connectivity index (χ2v) is 7.20. The lowest BCUT2D eigenvalue weighted by Crippen LogP contribution is -2.45. The Morgan fingerprint density at radius 1 is 1.17 bits per heavy atom. The molecule has 1 fully saturated rings. The molecule has 0 saturated heterocycles. The molecular formula is C20H29NO3. The van der Waals surface area contributed by atoms with Crippen molar-refractivity contribution in [2.75, 3.05) is 6.61 Å². The lowest BCUT2D eigenvalue weighted by molar-refractivity contribution is -0.148. The van der Waals surface area contributed by atoms with Gasteiger partial charge in [0.2, 0.25) is 0 Å². The first-order chi connectivity index (χ1) is 11.4. The number of amides is 1. The molecule has 24 heavy (non-hydrogen) atoms. The third kappa shape index (κ3) is 5.08. The van der Waals surface area contributed by atoms with Crippen molar-refractivity contribution in [3.8, 4) is 0 Å². The fraction of sp³-hybridized carbons (Fsp3) is 0.600. The molecule has 4 nitrogen and oxygen atoms in total. The zero-order valence-corrected chi connectivity index (χ0v) is 15.2. The molecule has 1 amide bonds. The molecule has 4 heteroatoms. The van der Waals surface area contributed by atoms with Crippen molar-refractivity contribution in [1.82, 2.24) is 5.32 Å². The van der Waals surface area contributed by atoms with Crippen LogP contribution in [0.2, 0.25) is 0 Å². The quantitative estimate of drug-likeness (QED) is 0.842. The second kappa shape index (κ2) is 8.32. The number of rotatable bonds is 5. The molecular weight excluding hydrogens is 302 g/mol. The Kier molecular flexibility index (Phi) is 6.41. The highest BCUT2D eigenvalue weighted by molar-refractivity contribution is 5.81. The third-order valence-corrected chi connectivity index (χ3v) is 5.34. The summed E-state index contributed by atoms with van der Waals surface area (Å²) in [6.07, 6.45) is 3.57. The maximum atomic E-state index is 12.0. The van der Waals surface area contributed by atoms with Gasteiger partial charge in [0.05, 0.1) is 6.42 Å². The van der Waals surface area contributed by atoms with Gasteiger partial charge in [-0.25, -0.2) is 0 Å². The van der Waals surface area contributed by atoms with Gasteiger partial charge in [0.15, 0.2) is 6.61 Å². The summed E-state index contributed by atoms with van der Waals surface area (Å²) in [6, 6.07) is 6.10. The van der Waals surface area contributed by atoms with Crippen molar-refractivity contribution in [2.45, 2.75) is 59.4 Å². The average molecular weight is 331 g/mol. The van der Waals surface area contributed by atoms with Crippen LogP contribution in [-0.4, -0.2) is 24.5 Å². The van der Waals surface area contributed by atoms with E-state index in [1.807, 2.05) is 32.0 Å². The van der Waals surface area contributed by atoms with Crippen molar-refractivity contribution in [1.29, 1.82) is 0 Å². The number of aryl methyl sites for hydroxylation is 2. The first-order valence-corrected chi connectivity index (χ1v) is 8.88. The predicted octanol–water partition coefficient (Wildman–Crippen LogP) is 3.33. The fourth-order valence-electron chi connectivity index (χ4n) is 3.31. The molecule has 0 radical (unpaired) electrons. The van der Waals surface area contributed by atoms with Crippen molar-refractivity contribution in [2.24, 2.45) is 11.8 Å². The minimum Gasteiger partial charge on any atom is -0.455 e. The minimum atomic E-state index is -0.363. The molecule has 132 valence electrons. The maximum absolute atomic E-state index is 12.0. The van der Waals surface area contributed by atoms with Gasteiger partial charge >= 0.3 is 5.97 Å². The lowest BCUT2D eigenvalue weighted by atomic mass is 9.78. The van der Waals surface area contributed by atoms with Crippen LogP contribution in [0.15, 0.2) is 18.2 Å². The molecule has 1 aromatic rings. The summed E-state index contributed by atoms with van der Waals surface area (Å²) in [7, 11) is 0. The van der Waals surface area contributed by atoms with Gasteiger partial charge in [-0.15, -0.1) is 0 Å². The van der Waals surface area contributed by atoms with Gasteiger partial charge in [0.25, 0.3) is 5.91 Å². The summed E-state index contributed by atoms with van der Waals surface area (Å²) in [6.45, 7) is 8.27. The van der Waals surface area contributed by atoms with Crippen molar-refractivity contribution in [3.05, 3.63) is 34.9 Å². The van der Waals surface area contributed by atoms with Crippen molar-refractivity contribution >= 4 is 11.9 Å². The summed E-state index contributed by atoms with van der Waals surface area (Å²) >= 11 is 0. The molecule has 0 aromatic heterocycles. The number of hydrogen-bond donors (Lipinski definition) is 1. The lowest BCUT2D eigenvalue weighted by Gasteiger charge is -2.34. The van der Waals surface area contributed by atoms with Crippen LogP contribution in [-0.2, 0) is 20.7 Å².